The van der Waals surface area contributed by atoms with E-state index in [2.05, 4.69) is 4.99 Å². The summed E-state index contributed by atoms with van der Waals surface area (Å²) in [6.07, 6.45) is 3.72. The molecular weight excluding hydrogens is 256 g/mol. The first kappa shape index (κ1) is 14.1. The van der Waals surface area contributed by atoms with Crippen molar-refractivity contribution in [2.45, 2.75) is 13.8 Å². The van der Waals surface area contributed by atoms with E-state index >= 15 is 0 Å². The van der Waals surface area contributed by atoms with Crippen molar-refractivity contribution in [2.24, 2.45) is 4.99 Å². The molecule has 2 rings (SSSR count). The van der Waals surface area contributed by atoms with Crippen LogP contribution in [0.5, 0.6) is 0 Å². The molecule has 0 atom stereocenters. The summed E-state index contributed by atoms with van der Waals surface area (Å²) in [6, 6.07) is 10.6. The van der Waals surface area contributed by atoms with Gasteiger partial charge in [-0.25, -0.2) is 8.78 Å². The maximum Gasteiger partial charge on any atom is 0.125 e. The number of allylic oxidation sites excluding steroid dienone is 1. The summed E-state index contributed by atoms with van der Waals surface area (Å²) in [5.74, 6) is -0.658. The summed E-state index contributed by atoms with van der Waals surface area (Å²) in [4.78, 5) is 4.41. The van der Waals surface area contributed by atoms with E-state index in [9.17, 15) is 8.78 Å². The van der Waals surface area contributed by atoms with Crippen LogP contribution in [0.3, 0.4) is 0 Å². The topological polar surface area (TPSA) is 12.4 Å². The summed E-state index contributed by atoms with van der Waals surface area (Å²) in [5, 5.41) is 0. The van der Waals surface area contributed by atoms with Crippen LogP contribution in [0, 0.1) is 11.6 Å². The molecule has 2 aromatic rings. The third-order valence-corrected chi connectivity index (χ3v) is 2.87. The minimum atomic E-state index is -0.343. The Labute approximate surface area is 117 Å². The molecule has 0 radical (unpaired) electrons. The highest BCUT2D eigenvalue weighted by Gasteiger charge is 2.04. The van der Waals surface area contributed by atoms with Gasteiger partial charge in [-0.15, -0.1) is 0 Å². The third kappa shape index (κ3) is 3.38. The molecule has 0 spiro atoms. The van der Waals surface area contributed by atoms with Gasteiger partial charge in [0.1, 0.15) is 11.6 Å². The second kappa shape index (κ2) is 6.24. The second-order valence-corrected chi connectivity index (χ2v) is 4.41. The summed E-state index contributed by atoms with van der Waals surface area (Å²) in [6.45, 7) is 3.66. The van der Waals surface area contributed by atoms with Gasteiger partial charge in [-0.05, 0) is 49.2 Å². The molecule has 3 heteroatoms. The van der Waals surface area contributed by atoms with E-state index < -0.39 is 0 Å². The fraction of sp³-hybridized carbons (Fsp3) is 0.118. The highest BCUT2D eigenvalue weighted by molar-refractivity contribution is 6.00. The fourth-order valence-corrected chi connectivity index (χ4v) is 1.89. The molecule has 102 valence electrons. The third-order valence-electron chi connectivity index (χ3n) is 2.87. The number of rotatable bonds is 3. The van der Waals surface area contributed by atoms with Gasteiger partial charge in [-0.3, -0.25) is 4.99 Å². The normalized spacial score (nSPS) is 12.1. The Hall–Kier alpha value is -2.29. The summed E-state index contributed by atoms with van der Waals surface area (Å²) < 4.78 is 26.6. The van der Waals surface area contributed by atoms with Gasteiger partial charge in [0.2, 0.25) is 0 Å². The standard InChI is InChI=1S/C17H15F2N/c1-3-5-13-8-9-16(19)11-17(13)20-12(2)14-6-4-7-15(18)10-14/h3-11H,1-2H3/b5-3+,20-12?. The van der Waals surface area contributed by atoms with Crippen molar-refractivity contribution in [3.8, 4) is 0 Å². The van der Waals surface area contributed by atoms with Crippen LogP contribution in [0.2, 0.25) is 0 Å². The molecule has 0 aromatic heterocycles. The molecule has 0 aliphatic carbocycles. The molecule has 0 aliphatic heterocycles. The van der Waals surface area contributed by atoms with Gasteiger partial charge in [-0.1, -0.05) is 24.3 Å². The van der Waals surface area contributed by atoms with E-state index in [0.717, 1.165) is 5.56 Å². The Kier molecular flexibility index (Phi) is 4.41. The Morgan fingerprint density at radius 1 is 1.05 bits per heavy atom. The number of hydrogen-bond acceptors (Lipinski definition) is 1. The zero-order valence-corrected chi connectivity index (χ0v) is 11.4. The molecule has 0 N–H and O–H groups in total. The minimum absolute atomic E-state index is 0.315. The van der Waals surface area contributed by atoms with Crippen molar-refractivity contribution >= 4 is 17.5 Å². The van der Waals surface area contributed by atoms with E-state index in [1.54, 1.807) is 25.1 Å². The van der Waals surface area contributed by atoms with Crippen LogP contribution >= 0.6 is 0 Å². The molecule has 0 amide bonds. The molecule has 0 heterocycles. The van der Waals surface area contributed by atoms with Crippen LogP contribution < -0.4 is 0 Å². The number of nitrogens with zero attached hydrogens (tertiary/aromatic N) is 1. The van der Waals surface area contributed by atoms with Crippen molar-refractivity contribution < 1.29 is 8.78 Å². The van der Waals surface area contributed by atoms with Gasteiger partial charge in [0, 0.05) is 11.8 Å². The molecule has 0 saturated carbocycles. The van der Waals surface area contributed by atoms with E-state index in [-0.39, 0.29) is 11.6 Å². The van der Waals surface area contributed by atoms with Crippen molar-refractivity contribution in [1.82, 2.24) is 0 Å². The highest BCUT2D eigenvalue weighted by Crippen LogP contribution is 2.23. The predicted molar refractivity (Wildman–Crippen MR) is 79.4 cm³/mol. The van der Waals surface area contributed by atoms with Gasteiger partial charge in [0.15, 0.2) is 0 Å². The quantitative estimate of drug-likeness (QED) is 0.685. The maximum atomic E-state index is 13.4. The average Bonchev–Trinajstić information content (AvgIpc) is 2.42. The number of hydrogen-bond donors (Lipinski definition) is 0. The molecule has 0 aliphatic rings. The average molecular weight is 271 g/mol. The fourth-order valence-electron chi connectivity index (χ4n) is 1.89. The predicted octanol–water partition coefficient (Wildman–Crippen LogP) is 5.14. The lowest BCUT2D eigenvalue weighted by molar-refractivity contribution is 0.627. The van der Waals surface area contributed by atoms with E-state index in [4.69, 9.17) is 0 Å². The summed E-state index contributed by atoms with van der Waals surface area (Å²) in [7, 11) is 0. The zero-order chi connectivity index (χ0) is 14.5. The van der Waals surface area contributed by atoms with E-state index in [0.29, 0.717) is 17.0 Å². The largest absolute Gasteiger partial charge is 0.252 e. The Bertz CT molecular complexity index is 672. The van der Waals surface area contributed by atoms with Gasteiger partial charge in [0.05, 0.1) is 5.69 Å². The van der Waals surface area contributed by atoms with Gasteiger partial charge < -0.3 is 0 Å². The van der Waals surface area contributed by atoms with Gasteiger partial charge in [0.25, 0.3) is 0 Å². The Morgan fingerprint density at radius 2 is 1.80 bits per heavy atom. The van der Waals surface area contributed by atoms with Crippen LogP contribution in [-0.4, -0.2) is 5.71 Å². The Balaban J connectivity index is 2.46. The van der Waals surface area contributed by atoms with Crippen LogP contribution in [0.4, 0.5) is 14.5 Å². The van der Waals surface area contributed by atoms with Crippen molar-refractivity contribution in [2.75, 3.05) is 0 Å². The molecule has 20 heavy (non-hydrogen) atoms. The summed E-state index contributed by atoms with van der Waals surface area (Å²) >= 11 is 0. The number of benzene rings is 2. The minimum Gasteiger partial charge on any atom is -0.252 e. The smallest absolute Gasteiger partial charge is 0.125 e. The first-order valence-corrected chi connectivity index (χ1v) is 6.33. The van der Waals surface area contributed by atoms with Gasteiger partial charge >= 0.3 is 0 Å². The first-order valence-electron chi connectivity index (χ1n) is 6.33. The van der Waals surface area contributed by atoms with Crippen molar-refractivity contribution in [3.05, 3.63) is 71.3 Å². The molecule has 0 saturated heterocycles. The highest BCUT2D eigenvalue weighted by atomic mass is 19.1. The molecule has 0 bridgehead atoms. The van der Waals surface area contributed by atoms with Gasteiger partial charge in [-0.2, -0.15) is 0 Å². The molecule has 0 unspecified atom stereocenters. The summed E-state index contributed by atoms with van der Waals surface area (Å²) in [5.41, 5.74) is 2.68. The zero-order valence-electron chi connectivity index (χ0n) is 11.4. The first-order chi connectivity index (χ1) is 9.60. The SMILES string of the molecule is C/C=C/c1ccc(F)cc1N=C(C)c1cccc(F)c1. The second-order valence-electron chi connectivity index (χ2n) is 4.41. The van der Waals surface area contributed by atoms with Crippen LogP contribution in [0.15, 0.2) is 53.5 Å². The molecular formula is C17H15F2N. The monoisotopic (exact) mass is 271 g/mol. The van der Waals surface area contributed by atoms with E-state index in [1.807, 2.05) is 19.1 Å². The lowest BCUT2D eigenvalue weighted by atomic mass is 10.1. The maximum absolute atomic E-state index is 13.4. The van der Waals surface area contributed by atoms with Crippen molar-refractivity contribution in [1.29, 1.82) is 0 Å². The van der Waals surface area contributed by atoms with Crippen molar-refractivity contribution in [3.63, 3.8) is 0 Å². The Morgan fingerprint density at radius 3 is 2.50 bits per heavy atom. The molecule has 0 fully saturated rings. The number of aliphatic imine (C=N–C) groups is 1. The lowest BCUT2D eigenvalue weighted by Gasteiger charge is -2.05. The number of halogens is 2. The molecule has 1 nitrogen and oxygen atoms in total. The molecule has 2 aromatic carbocycles. The van der Waals surface area contributed by atoms with Crippen LogP contribution in [0.1, 0.15) is 25.0 Å². The van der Waals surface area contributed by atoms with E-state index in [1.165, 1.54) is 24.3 Å². The van der Waals surface area contributed by atoms with Crippen LogP contribution in [-0.2, 0) is 0 Å². The lowest BCUT2D eigenvalue weighted by Crippen LogP contribution is -1.95. The van der Waals surface area contributed by atoms with Crippen LogP contribution in [0.25, 0.3) is 6.08 Å².